The van der Waals surface area contributed by atoms with Gasteiger partial charge in [0, 0.05) is 24.9 Å². The molecule has 0 bridgehead atoms. The van der Waals surface area contributed by atoms with Crippen LogP contribution < -0.4 is 0 Å². The first-order valence-electron chi connectivity index (χ1n) is 6.17. The lowest BCUT2D eigenvalue weighted by Gasteiger charge is -2.18. The number of rotatable bonds is 3. The van der Waals surface area contributed by atoms with Crippen LogP contribution in [0.25, 0.3) is 0 Å². The topological polar surface area (TPSA) is 127 Å². The molecule has 23 heavy (non-hydrogen) atoms. The predicted octanol–water partition coefficient (Wildman–Crippen LogP) is 0.916. The third kappa shape index (κ3) is 2.96. The summed E-state index contributed by atoms with van der Waals surface area (Å²) in [5.41, 5.74) is -0.218. The van der Waals surface area contributed by atoms with Crippen molar-refractivity contribution in [3.8, 4) is 0 Å². The highest BCUT2D eigenvalue weighted by atomic mass is 32.3. The molecule has 0 amide bonds. The number of nitrogens with zero attached hydrogens (tertiary/aromatic N) is 3. The van der Waals surface area contributed by atoms with Crippen LogP contribution in [0, 0.1) is 10.1 Å². The van der Waals surface area contributed by atoms with Gasteiger partial charge in [0.2, 0.25) is 9.84 Å². The number of fused-ring (bicyclic) bond motifs is 1. The molecule has 0 saturated heterocycles. The molecule has 3 rings (SSSR count). The van der Waals surface area contributed by atoms with Crippen LogP contribution in [-0.2, 0) is 19.9 Å². The second kappa shape index (κ2) is 5.32. The first kappa shape index (κ1) is 16.0. The molecule has 122 valence electrons. The van der Waals surface area contributed by atoms with Crippen LogP contribution in [0.3, 0.4) is 0 Å². The van der Waals surface area contributed by atoms with Crippen LogP contribution in [-0.4, -0.2) is 44.1 Å². The molecule has 0 aromatic heterocycles. The summed E-state index contributed by atoms with van der Waals surface area (Å²) in [6, 6.07) is 4.49. The van der Waals surface area contributed by atoms with E-state index in [1.165, 1.54) is 11.1 Å². The maximum absolute atomic E-state index is 12.5. The predicted molar refractivity (Wildman–Crippen MR) is 83.9 cm³/mol. The van der Waals surface area contributed by atoms with E-state index in [-0.39, 0.29) is 32.3 Å². The number of sulfone groups is 1. The number of thioether (sulfide) groups is 1. The van der Waals surface area contributed by atoms with Crippen molar-refractivity contribution in [1.29, 1.82) is 0 Å². The van der Waals surface area contributed by atoms with Gasteiger partial charge in [-0.1, -0.05) is 0 Å². The molecule has 1 aromatic carbocycles. The average molecular weight is 375 g/mol. The van der Waals surface area contributed by atoms with Gasteiger partial charge in [-0.05, 0) is 23.9 Å². The first-order chi connectivity index (χ1) is 10.7. The molecule has 0 aliphatic carbocycles. The molecule has 2 aliphatic heterocycles. The molecule has 0 atom stereocenters. The largest absolute Gasteiger partial charge is 0.324 e. The van der Waals surface area contributed by atoms with E-state index in [1.807, 2.05) is 0 Å². The number of hydrogen-bond donors (Lipinski definition) is 0. The molecule has 1 aromatic rings. The van der Waals surface area contributed by atoms with Gasteiger partial charge in [0.25, 0.3) is 15.7 Å². The molecule has 0 spiro atoms. The first-order valence-corrected chi connectivity index (χ1v) is 10.1. The van der Waals surface area contributed by atoms with Gasteiger partial charge >= 0.3 is 0 Å². The number of sulfonamides is 1. The van der Waals surface area contributed by atoms with Crippen molar-refractivity contribution < 1.29 is 21.8 Å². The molecule has 2 heterocycles. The second-order valence-corrected chi connectivity index (χ2v) is 9.60. The Hall–Kier alpha value is -1.92. The average Bonchev–Trinajstić information content (AvgIpc) is 2.89. The van der Waals surface area contributed by atoms with Gasteiger partial charge < -0.3 is 4.90 Å². The highest BCUT2D eigenvalue weighted by Crippen LogP contribution is 2.37. The Balaban J connectivity index is 1.94. The molecule has 12 heteroatoms. The number of amidine groups is 1. The number of nitro benzene ring substituents is 1. The molecule has 0 radical (unpaired) electrons. The van der Waals surface area contributed by atoms with E-state index in [9.17, 15) is 26.9 Å². The Morgan fingerprint density at radius 1 is 1.26 bits per heavy atom. The lowest BCUT2D eigenvalue weighted by Crippen LogP contribution is -2.31. The fraction of sp³-hybridized carbons (Fsp3) is 0.182. The lowest BCUT2D eigenvalue weighted by atomic mass is 10.3. The molecular formula is C11H9N3O6S3. The number of non-ortho nitro benzene ring substituents is 1. The highest BCUT2D eigenvalue weighted by molar-refractivity contribution is 8.28. The summed E-state index contributed by atoms with van der Waals surface area (Å²) in [5, 5.41) is 10.7. The van der Waals surface area contributed by atoms with E-state index in [4.69, 9.17) is 0 Å². The molecule has 0 unspecified atom stereocenters. The standard InChI is InChI=1S/C11H9N3O6S3/c15-14(16)8-1-3-9(4-2-8)23(19,20)10-7-13-5-6-22(17,18)12-11(13)21-10/h1-4,7H,5-6H2. The Morgan fingerprint density at radius 3 is 2.52 bits per heavy atom. The second-order valence-electron chi connectivity index (χ2n) is 4.66. The van der Waals surface area contributed by atoms with E-state index in [1.54, 1.807) is 0 Å². The molecular weight excluding hydrogens is 366 g/mol. The summed E-state index contributed by atoms with van der Waals surface area (Å²) in [5.74, 6) is -0.182. The minimum atomic E-state index is -3.89. The number of hydrogen-bond acceptors (Lipinski definition) is 8. The van der Waals surface area contributed by atoms with Crippen LogP contribution in [0.1, 0.15) is 0 Å². The Labute approximate surface area is 135 Å². The zero-order valence-corrected chi connectivity index (χ0v) is 13.8. The minimum Gasteiger partial charge on any atom is -0.324 e. The third-order valence-corrected chi connectivity index (χ3v) is 7.65. The Bertz CT molecular complexity index is 947. The minimum absolute atomic E-state index is 0.0674. The molecule has 0 N–H and O–H groups in total. The van der Waals surface area contributed by atoms with E-state index >= 15 is 0 Å². The summed E-state index contributed by atoms with van der Waals surface area (Å²) in [6.07, 6.45) is 1.33. The number of nitro groups is 1. The molecule has 0 fully saturated rings. The zero-order chi connectivity index (χ0) is 16.8. The van der Waals surface area contributed by atoms with E-state index in [0.717, 1.165) is 36.0 Å². The van der Waals surface area contributed by atoms with Gasteiger partial charge in [-0.3, -0.25) is 10.1 Å². The van der Waals surface area contributed by atoms with Gasteiger partial charge in [0.15, 0.2) is 5.17 Å². The van der Waals surface area contributed by atoms with Gasteiger partial charge in [-0.25, -0.2) is 16.8 Å². The summed E-state index contributed by atoms with van der Waals surface area (Å²) < 4.78 is 51.4. The number of benzene rings is 1. The van der Waals surface area contributed by atoms with Gasteiger partial charge in [-0.2, -0.15) is 0 Å². The fourth-order valence-electron chi connectivity index (χ4n) is 1.95. The monoisotopic (exact) mass is 375 g/mol. The van der Waals surface area contributed by atoms with Crippen LogP contribution in [0.2, 0.25) is 0 Å². The van der Waals surface area contributed by atoms with Gasteiger partial charge in [0.05, 0.1) is 15.6 Å². The molecule has 9 nitrogen and oxygen atoms in total. The van der Waals surface area contributed by atoms with Gasteiger partial charge in [-0.15, -0.1) is 4.40 Å². The summed E-state index contributed by atoms with van der Waals surface area (Å²) >= 11 is 0.745. The smallest absolute Gasteiger partial charge is 0.269 e. The summed E-state index contributed by atoms with van der Waals surface area (Å²) in [7, 11) is -7.46. The Morgan fingerprint density at radius 2 is 1.91 bits per heavy atom. The third-order valence-electron chi connectivity index (χ3n) is 3.13. The van der Waals surface area contributed by atoms with E-state index in [2.05, 4.69) is 4.40 Å². The lowest BCUT2D eigenvalue weighted by molar-refractivity contribution is -0.384. The normalized spacial score (nSPS) is 19.7. The maximum Gasteiger partial charge on any atom is 0.269 e. The SMILES string of the molecule is O=[N+]([O-])c1ccc(S(=O)(=O)C2=CN3CCS(=O)(=O)N=C3S2)cc1. The van der Waals surface area contributed by atoms with Crippen molar-refractivity contribution in [3.05, 3.63) is 44.8 Å². The van der Waals surface area contributed by atoms with Crippen LogP contribution in [0.15, 0.2) is 44.0 Å². The Kier molecular flexibility index (Phi) is 3.69. The summed E-state index contributed by atoms with van der Waals surface area (Å²) in [4.78, 5) is 11.3. The highest BCUT2D eigenvalue weighted by Gasteiger charge is 2.35. The summed E-state index contributed by atoms with van der Waals surface area (Å²) in [6.45, 7) is 0.132. The van der Waals surface area contributed by atoms with Crippen LogP contribution in [0.4, 0.5) is 5.69 Å². The van der Waals surface area contributed by atoms with Crippen molar-refractivity contribution in [2.24, 2.45) is 4.40 Å². The van der Waals surface area contributed by atoms with Crippen LogP contribution >= 0.6 is 11.8 Å². The van der Waals surface area contributed by atoms with Crippen LogP contribution in [0.5, 0.6) is 0 Å². The fourth-order valence-corrected chi connectivity index (χ4v) is 5.87. The van der Waals surface area contributed by atoms with Crippen molar-refractivity contribution in [2.75, 3.05) is 12.3 Å². The van der Waals surface area contributed by atoms with Crippen molar-refractivity contribution in [2.45, 2.75) is 4.90 Å². The zero-order valence-electron chi connectivity index (χ0n) is 11.3. The van der Waals surface area contributed by atoms with Crippen molar-refractivity contribution in [3.63, 3.8) is 0 Å². The molecule has 2 aliphatic rings. The quantitative estimate of drug-likeness (QED) is 0.563. The van der Waals surface area contributed by atoms with E-state index < -0.39 is 24.8 Å². The maximum atomic E-state index is 12.5. The van der Waals surface area contributed by atoms with Crippen molar-refractivity contribution in [1.82, 2.24) is 4.90 Å². The van der Waals surface area contributed by atoms with Crippen molar-refractivity contribution >= 4 is 42.5 Å². The van der Waals surface area contributed by atoms with E-state index in [0.29, 0.717) is 0 Å². The van der Waals surface area contributed by atoms with Gasteiger partial charge in [0.1, 0.15) is 4.24 Å². The molecule has 0 saturated carbocycles.